The lowest BCUT2D eigenvalue weighted by atomic mass is 10.2. The van der Waals surface area contributed by atoms with E-state index in [0.717, 1.165) is 30.8 Å². The third-order valence-corrected chi connectivity index (χ3v) is 6.96. The maximum Gasteiger partial charge on any atom is 0.234 e. The van der Waals surface area contributed by atoms with Crippen molar-refractivity contribution in [3.8, 4) is 22.9 Å². The molecule has 3 aromatic rings. The van der Waals surface area contributed by atoms with E-state index in [9.17, 15) is 4.79 Å². The van der Waals surface area contributed by atoms with Crippen molar-refractivity contribution in [2.45, 2.75) is 37.6 Å². The third-order valence-electron chi connectivity index (χ3n) is 5.13. The van der Waals surface area contributed by atoms with E-state index in [1.807, 2.05) is 0 Å². The number of aromatic nitrogens is 3. The fraction of sp³-hybridized carbons (Fsp3) is 0.409. The van der Waals surface area contributed by atoms with Crippen LogP contribution >= 0.6 is 23.1 Å². The summed E-state index contributed by atoms with van der Waals surface area (Å²) >= 11 is 3.04. The molecule has 10 heteroatoms. The monoisotopic (exact) mass is 474 g/mol. The van der Waals surface area contributed by atoms with Gasteiger partial charge in [-0.15, -0.1) is 21.5 Å². The molecule has 1 atom stereocenters. The van der Waals surface area contributed by atoms with Crippen LogP contribution < -0.4 is 14.8 Å². The van der Waals surface area contributed by atoms with Gasteiger partial charge in [0.2, 0.25) is 5.91 Å². The summed E-state index contributed by atoms with van der Waals surface area (Å²) in [5, 5.41) is 14.5. The van der Waals surface area contributed by atoms with Crippen molar-refractivity contribution in [1.82, 2.24) is 14.8 Å². The van der Waals surface area contributed by atoms with Crippen LogP contribution in [-0.4, -0.2) is 53.4 Å². The molecule has 0 spiro atoms. The highest BCUT2D eigenvalue weighted by Crippen LogP contribution is 2.31. The van der Waals surface area contributed by atoms with Crippen molar-refractivity contribution < 1.29 is 19.0 Å². The average molecular weight is 475 g/mol. The van der Waals surface area contributed by atoms with Gasteiger partial charge in [-0.1, -0.05) is 11.8 Å². The Morgan fingerprint density at radius 1 is 1.31 bits per heavy atom. The standard InChI is InChI=1S/C22H26N4O4S2/c1-14-9-15(12-31-14)21-24-25-22(26(21)11-17-5-4-8-30-17)32-13-20(27)23-18-10-16(28-2)6-7-19(18)29-3/h6-7,9-10,12,17H,4-5,8,11,13H2,1-3H3,(H,23,27). The molecule has 0 radical (unpaired) electrons. The number of carbonyl (C=O) groups is 1. The molecule has 3 heterocycles. The van der Waals surface area contributed by atoms with Crippen LogP contribution in [0.1, 0.15) is 17.7 Å². The van der Waals surface area contributed by atoms with Gasteiger partial charge in [0, 0.05) is 28.5 Å². The van der Waals surface area contributed by atoms with Crippen LogP contribution in [0.15, 0.2) is 34.8 Å². The zero-order chi connectivity index (χ0) is 22.5. The first-order valence-corrected chi connectivity index (χ1v) is 12.2. The number of rotatable bonds is 9. The number of nitrogens with one attached hydrogen (secondary N) is 1. The lowest BCUT2D eigenvalue weighted by Crippen LogP contribution is -2.18. The van der Waals surface area contributed by atoms with Crippen molar-refractivity contribution >= 4 is 34.7 Å². The average Bonchev–Trinajstić information content (AvgIpc) is 3.54. The summed E-state index contributed by atoms with van der Waals surface area (Å²) in [7, 11) is 3.14. The maximum atomic E-state index is 12.7. The molecule has 0 bridgehead atoms. The summed E-state index contributed by atoms with van der Waals surface area (Å²) in [4.78, 5) is 13.9. The summed E-state index contributed by atoms with van der Waals surface area (Å²) in [6.07, 6.45) is 2.21. The van der Waals surface area contributed by atoms with E-state index in [-0.39, 0.29) is 17.8 Å². The zero-order valence-corrected chi connectivity index (χ0v) is 19.9. The van der Waals surface area contributed by atoms with Crippen LogP contribution in [0.25, 0.3) is 11.4 Å². The number of hydrogen-bond donors (Lipinski definition) is 1. The van der Waals surface area contributed by atoms with E-state index in [2.05, 4.69) is 38.5 Å². The SMILES string of the molecule is COc1ccc(OC)c(NC(=O)CSc2nnc(-c3csc(C)c3)n2CC2CCCO2)c1. The van der Waals surface area contributed by atoms with Crippen LogP contribution in [0.3, 0.4) is 0 Å². The number of anilines is 1. The Balaban J connectivity index is 1.49. The lowest BCUT2D eigenvalue weighted by molar-refractivity contribution is -0.113. The smallest absolute Gasteiger partial charge is 0.234 e. The number of methoxy groups -OCH3 is 2. The quantitative estimate of drug-likeness (QED) is 0.464. The van der Waals surface area contributed by atoms with Crippen LogP contribution in [0.4, 0.5) is 5.69 Å². The van der Waals surface area contributed by atoms with Crippen molar-refractivity contribution in [2.75, 3.05) is 31.9 Å². The van der Waals surface area contributed by atoms with Crippen LogP contribution in [0.5, 0.6) is 11.5 Å². The third kappa shape index (κ3) is 5.25. The molecule has 170 valence electrons. The Hall–Kier alpha value is -2.56. The molecule has 1 unspecified atom stereocenters. The second-order valence-electron chi connectivity index (χ2n) is 7.40. The molecule has 32 heavy (non-hydrogen) atoms. The number of hydrogen-bond acceptors (Lipinski definition) is 8. The van der Waals surface area contributed by atoms with Crippen LogP contribution in [0, 0.1) is 6.92 Å². The minimum Gasteiger partial charge on any atom is -0.497 e. The Morgan fingerprint density at radius 2 is 2.19 bits per heavy atom. The topological polar surface area (TPSA) is 87.5 Å². The zero-order valence-electron chi connectivity index (χ0n) is 18.3. The summed E-state index contributed by atoms with van der Waals surface area (Å²) < 4.78 is 18.5. The van der Waals surface area contributed by atoms with Gasteiger partial charge in [0.25, 0.3) is 0 Å². The summed E-state index contributed by atoms with van der Waals surface area (Å²) in [6.45, 7) is 3.53. The first-order valence-electron chi connectivity index (χ1n) is 10.3. The molecule has 8 nitrogen and oxygen atoms in total. The molecule has 4 rings (SSSR count). The van der Waals surface area contributed by atoms with E-state index >= 15 is 0 Å². The molecule has 1 fully saturated rings. The van der Waals surface area contributed by atoms with Crippen molar-refractivity contribution in [1.29, 1.82) is 0 Å². The summed E-state index contributed by atoms with van der Waals surface area (Å²) in [6, 6.07) is 7.38. The Bertz CT molecular complexity index is 1080. The maximum absolute atomic E-state index is 12.7. The fourth-order valence-corrected chi connectivity index (χ4v) is 4.98. The summed E-state index contributed by atoms with van der Waals surface area (Å²) in [5.74, 6) is 2.04. The van der Waals surface area contributed by atoms with E-state index in [0.29, 0.717) is 28.9 Å². The number of thiophene rings is 1. The van der Waals surface area contributed by atoms with Gasteiger partial charge < -0.3 is 19.5 Å². The van der Waals surface area contributed by atoms with Gasteiger partial charge in [0.05, 0.1) is 38.3 Å². The highest BCUT2D eigenvalue weighted by atomic mass is 32.2. The Morgan fingerprint density at radius 3 is 2.88 bits per heavy atom. The van der Waals surface area contributed by atoms with Crippen molar-refractivity contribution in [2.24, 2.45) is 0 Å². The van der Waals surface area contributed by atoms with Gasteiger partial charge in [-0.3, -0.25) is 9.36 Å². The second kappa shape index (κ2) is 10.4. The minimum absolute atomic E-state index is 0.138. The van der Waals surface area contributed by atoms with Crippen molar-refractivity contribution in [3.05, 3.63) is 34.5 Å². The van der Waals surface area contributed by atoms with E-state index in [1.165, 1.54) is 16.6 Å². The molecular weight excluding hydrogens is 448 g/mol. The molecule has 0 saturated carbocycles. The number of benzene rings is 1. The minimum atomic E-state index is -0.166. The summed E-state index contributed by atoms with van der Waals surface area (Å²) in [5.41, 5.74) is 1.60. The molecule has 1 amide bonds. The van der Waals surface area contributed by atoms with Gasteiger partial charge in [-0.25, -0.2) is 0 Å². The molecule has 1 N–H and O–H groups in total. The lowest BCUT2D eigenvalue weighted by Gasteiger charge is -2.14. The molecule has 1 aromatic carbocycles. The van der Waals surface area contributed by atoms with Gasteiger partial charge in [-0.05, 0) is 38.0 Å². The largest absolute Gasteiger partial charge is 0.497 e. The highest BCUT2D eigenvalue weighted by Gasteiger charge is 2.23. The van der Waals surface area contributed by atoms with Gasteiger partial charge in [0.1, 0.15) is 11.5 Å². The number of nitrogens with zero attached hydrogens (tertiary/aromatic N) is 3. The Kier molecular flexibility index (Phi) is 7.33. The normalized spacial score (nSPS) is 15.7. The number of aryl methyl sites for hydroxylation is 1. The van der Waals surface area contributed by atoms with Crippen molar-refractivity contribution in [3.63, 3.8) is 0 Å². The molecule has 1 saturated heterocycles. The first-order chi connectivity index (χ1) is 15.6. The van der Waals surface area contributed by atoms with Gasteiger partial charge in [-0.2, -0.15) is 0 Å². The fourth-order valence-electron chi connectivity index (χ4n) is 3.55. The van der Waals surface area contributed by atoms with Crippen LogP contribution in [-0.2, 0) is 16.1 Å². The number of ether oxygens (including phenoxy) is 3. The highest BCUT2D eigenvalue weighted by molar-refractivity contribution is 7.99. The predicted octanol–water partition coefficient (Wildman–Crippen LogP) is 4.24. The van der Waals surface area contributed by atoms with Gasteiger partial charge in [0.15, 0.2) is 11.0 Å². The van der Waals surface area contributed by atoms with E-state index in [4.69, 9.17) is 14.2 Å². The van der Waals surface area contributed by atoms with E-state index < -0.39 is 0 Å². The van der Waals surface area contributed by atoms with Crippen LogP contribution in [0.2, 0.25) is 0 Å². The molecule has 1 aliphatic rings. The molecular formula is C22H26N4O4S2. The molecule has 0 aliphatic carbocycles. The number of thioether (sulfide) groups is 1. The predicted molar refractivity (Wildman–Crippen MR) is 126 cm³/mol. The Labute approximate surface area is 195 Å². The number of carbonyl (C=O) groups excluding carboxylic acids is 1. The molecule has 2 aromatic heterocycles. The number of amides is 1. The molecule has 1 aliphatic heterocycles. The second-order valence-corrected chi connectivity index (χ2v) is 9.46. The first kappa shape index (κ1) is 22.6. The van der Waals surface area contributed by atoms with E-state index in [1.54, 1.807) is 43.8 Å². The van der Waals surface area contributed by atoms with Gasteiger partial charge >= 0.3 is 0 Å².